The smallest absolute Gasteiger partial charge is 0.224 e. The molecule has 3 aromatic rings. The summed E-state index contributed by atoms with van der Waals surface area (Å²) in [4.78, 5) is 26.7. The quantitative estimate of drug-likeness (QED) is 0.599. The van der Waals surface area contributed by atoms with Crippen molar-refractivity contribution >= 4 is 17.5 Å². The lowest BCUT2D eigenvalue weighted by Crippen LogP contribution is -2.42. The van der Waals surface area contributed by atoms with Crippen LogP contribution in [0, 0.1) is 0 Å². The Hall–Kier alpha value is -3.54. The van der Waals surface area contributed by atoms with E-state index in [1.54, 1.807) is 0 Å². The van der Waals surface area contributed by atoms with Crippen molar-refractivity contribution in [2.24, 2.45) is 0 Å². The summed E-state index contributed by atoms with van der Waals surface area (Å²) in [7, 11) is 0. The van der Waals surface area contributed by atoms with Gasteiger partial charge in [-0.1, -0.05) is 30.3 Å². The predicted molar refractivity (Wildman–Crippen MR) is 123 cm³/mol. The van der Waals surface area contributed by atoms with Gasteiger partial charge in [-0.25, -0.2) is 0 Å². The Morgan fingerprint density at radius 3 is 2.78 bits per heavy atom. The number of rotatable bonds is 6. The van der Waals surface area contributed by atoms with Crippen molar-refractivity contribution in [2.75, 3.05) is 18.5 Å². The molecule has 2 aromatic carbocycles. The summed E-state index contributed by atoms with van der Waals surface area (Å²) >= 11 is 0. The average Bonchev–Trinajstić information content (AvgIpc) is 3.30. The van der Waals surface area contributed by atoms with Gasteiger partial charge < -0.3 is 19.5 Å². The van der Waals surface area contributed by atoms with Crippen molar-refractivity contribution in [2.45, 2.75) is 38.3 Å². The van der Waals surface area contributed by atoms with Crippen LogP contribution < -0.4 is 10.1 Å². The molecule has 0 saturated carbocycles. The van der Waals surface area contributed by atoms with E-state index in [0.29, 0.717) is 32.4 Å². The molecule has 2 amide bonds. The van der Waals surface area contributed by atoms with Crippen molar-refractivity contribution in [3.8, 4) is 5.75 Å². The van der Waals surface area contributed by atoms with Gasteiger partial charge in [0.1, 0.15) is 5.75 Å². The number of hydrogen-bond donors (Lipinski definition) is 1. The summed E-state index contributed by atoms with van der Waals surface area (Å²) in [6.45, 7) is 2.01. The first kappa shape index (κ1) is 20.4. The van der Waals surface area contributed by atoms with Crippen LogP contribution in [-0.4, -0.2) is 34.4 Å². The fourth-order valence-corrected chi connectivity index (χ4v) is 4.64. The van der Waals surface area contributed by atoms with Crippen molar-refractivity contribution in [1.82, 2.24) is 9.47 Å². The molecule has 3 heterocycles. The zero-order chi connectivity index (χ0) is 21.9. The van der Waals surface area contributed by atoms with E-state index in [0.717, 1.165) is 41.2 Å². The van der Waals surface area contributed by atoms with Crippen LogP contribution in [0.4, 0.5) is 5.69 Å². The first-order chi connectivity index (χ1) is 15.7. The number of amides is 2. The molecular formula is C26H27N3O3. The third-order valence-electron chi connectivity index (χ3n) is 6.25. The molecule has 32 heavy (non-hydrogen) atoms. The molecule has 2 aliphatic rings. The predicted octanol–water partition coefficient (Wildman–Crippen LogP) is 4.16. The maximum Gasteiger partial charge on any atom is 0.224 e. The molecule has 5 rings (SSSR count). The zero-order valence-electron chi connectivity index (χ0n) is 18.0. The van der Waals surface area contributed by atoms with E-state index in [1.807, 2.05) is 41.3 Å². The summed E-state index contributed by atoms with van der Waals surface area (Å²) in [5, 5.41) is 2.88. The van der Waals surface area contributed by atoms with E-state index >= 15 is 0 Å². The van der Waals surface area contributed by atoms with Crippen LogP contribution in [-0.2, 0) is 22.6 Å². The number of aromatic nitrogens is 1. The lowest BCUT2D eigenvalue weighted by Gasteiger charge is -2.37. The molecule has 0 saturated heterocycles. The number of nitrogens with one attached hydrogen (secondary N) is 1. The maximum atomic E-state index is 13.2. The molecule has 0 radical (unpaired) electrons. The van der Waals surface area contributed by atoms with Gasteiger partial charge in [-0.05, 0) is 54.3 Å². The minimum Gasteiger partial charge on any atom is -0.494 e. The number of carbonyl (C=O) groups excluding carboxylic acids is 2. The molecule has 1 unspecified atom stereocenters. The zero-order valence-corrected chi connectivity index (χ0v) is 18.0. The molecule has 1 N–H and O–H groups in total. The van der Waals surface area contributed by atoms with E-state index in [4.69, 9.17) is 4.74 Å². The topological polar surface area (TPSA) is 63.6 Å². The molecule has 0 bridgehead atoms. The van der Waals surface area contributed by atoms with Gasteiger partial charge in [0.15, 0.2) is 0 Å². The van der Waals surface area contributed by atoms with Gasteiger partial charge >= 0.3 is 0 Å². The van der Waals surface area contributed by atoms with Crippen LogP contribution in [0.5, 0.6) is 5.75 Å². The van der Waals surface area contributed by atoms with Crippen LogP contribution in [0.15, 0.2) is 66.9 Å². The van der Waals surface area contributed by atoms with Crippen LogP contribution >= 0.6 is 0 Å². The average molecular weight is 430 g/mol. The van der Waals surface area contributed by atoms with E-state index in [9.17, 15) is 9.59 Å². The second-order valence-corrected chi connectivity index (χ2v) is 8.35. The summed E-state index contributed by atoms with van der Waals surface area (Å²) in [6.07, 6.45) is 4.43. The van der Waals surface area contributed by atoms with Crippen molar-refractivity contribution in [3.63, 3.8) is 0 Å². The minimum absolute atomic E-state index is 0.0516. The van der Waals surface area contributed by atoms with Gasteiger partial charge in [0, 0.05) is 43.5 Å². The van der Waals surface area contributed by atoms with Crippen LogP contribution in [0.2, 0.25) is 0 Å². The fourth-order valence-electron chi connectivity index (χ4n) is 4.64. The van der Waals surface area contributed by atoms with Gasteiger partial charge in [0.05, 0.1) is 12.6 Å². The molecule has 6 nitrogen and oxygen atoms in total. The van der Waals surface area contributed by atoms with Gasteiger partial charge in [0.2, 0.25) is 11.8 Å². The second-order valence-electron chi connectivity index (χ2n) is 8.35. The molecule has 1 atom stereocenters. The van der Waals surface area contributed by atoms with Gasteiger partial charge in [-0.2, -0.15) is 0 Å². The van der Waals surface area contributed by atoms with Gasteiger partial charge in [-0.15, -0.1) is 0 Å². The number of nitrogens with zero attached hydrogens (tertiary/aromatic N) is 2. The molecular weight excluding hydrogens is 402 g/mol. The van der Waals surface area contributed by atoms with E-state index in [2.05, 4.69) is 40.3 Å². The van der Waals surface area contributed by atoms with Crippen LogP contribution in [0.25, 0.3) is 0 Å². The number of fused-ring (bicyclic) bond motifs is 2. The van der Waals surface area contributed by atoms with Gasteiger partial charge in [0.25, 0.3) is 0 Å². The highest BCUT2D eigenvalue weighted by Crippen LogP contribution is 2.33. The maximum absolute atomic E-state index is 13.2. The molecule has 164 valence electrons. The summed E-state index contributed by atoms with van der Waals surface area (Å²) < 4.78 is 8.14. The molecule has 0 spiro atoms. The van der Waals surface area contributed by atoms with Crippen molar-refractivity contribution in [1.29, 1.82) is 0 Å². The second kappa shape index (κ2) is 8.91. The lowest BCUT2D eigenvalue weighted by atomic mass is 9.99. The first-order valence-corrected chi connectivity index (χ1v) is 11.2. The number of hydrogen-bond acceptors (Lipinski definition) is 3. The van der Waals surface area contributed by atoms with E-state index in [1.165, 1.54) is 0 Å². The van der Waals surface area contributed by atoms with E-state index in [-0.39, 0.29) is 17.9 Å². The molecule has 6 heteroatoms. The third kappa shape index (κ3) is 4.13. The Labute approximate surface area is 187 Å². The Kier molecular flexibility index (Phi) is 5.67. The molecule has 2 aliphatic heterocycles. The Balaban J connectivity index is 1.20. The summed E-state index contributed by atoms with van der Waals surface area (Å²) in [5.41, 5.74) is 4.26. The van der Waals surface area contributed by atoms with E-state index < -0.39 is 0 Å². The van der Waals surface area contributed by atoms with Crippen LogP contribution in [0.3, 0.4) is 0 Å². The highest BCUT2D eigenvalue weighted by molar-refractivity contribution is 5.94. The monoisotopic (exact) mass is 429 g/mol. The largest absolute Gasteiger partial charge is 0.494 e. The summed E-state index contributed by atoms with van der Waals surface area (Å²) in [6, 6.07) is 20.1. The number of anilines is 1. The van der Waals surface area contributed by atoms with Crippen molar-refractivity contribution in [3.05, 3.63) is 83.7 Å². The Morgan fingerprint density at radius 2 is 1.91 bits per heavy atom. The molecule has 1 aromatic heterocycles. The van der Waals surface area contributed by atoms with Gasteiger partial charge in [-0.3, -0.25) is 9.59 Å². The number of aryl methyl sites for hydroxylation is 1. The molecule has 0 aliphatic carbocycles. The Bertz CT molecular complexity index is 1120. The fraction of sp³-hybridized carbons (Fsp3) is 0.308. The number of benzene rings is 2. The lowest BCUT2D eigenvalue weighted by molar-refractivity contribution is -0.134. The van der Waals surface area contributed by atoms with Crippen molar-refractivity contribution < 1.29 is 14.3 Å². The highest BCUT2D eigenvalue weighted by atomic mass is 16.5. The standard InChI is InChI=1S/C26H27N3O3/c30-24-13-10-20-18-21(11-12-22(20)27-24)32-17-5-9-25(31)29-16-15-28-14-4-8-23(28)26(29)19-6-2-1-3-7-19/h1-4,6-8,11-12,14,18,26H,5,9-10,13,15-17H2,(H,27,30). The SMILES string of the molecule is O=C1CCc2cc(OCCCC(=O)N3CCn4cccc4C3c3ccccc3)ccc2N1. The third-order valence-corrected chi connectivity index (χ3v) is 6.25. The van der Waals surface area contributed by atoms with Crippen LogP contribution in [0.1, 0.15) is 42.1 Å². The normalized spacial score (nSPS) is 17.3. The number of ether oxygens (including phenoxy) is 1. The minimum atomic E-state index is -0.0516. The Morgan fingerprint density at radius 1 is 1.03 bits per heavy atom. The number of carbonyl (C=O) groups is 2. The summed E-state index contributed by atoms with van der Waals surface area (Å²) in [5.74, 6) is 0.997. The molecule has 0 fully saturated rings. The first-order valence-electron chi connectivity index (χ1n) is 11.2. The highest BCUT2D eigenvalue weighted by Gasteiger charge is 2.31.